The third-order valence-electron chi connectivity index (χ3n) is 9.05. The smallest absolute Gasteiger partial charge is 0.156 e. The van der Waals surface area contributed by atoms with Crippen molar-refractivity contribution in [1.29, 1.82) is 5.26 Å². The largest absolute Gasteiger partial charge is 0.375 e. The van der Waals surface area contributed by atoms with E-state index in [1.165, 1.54) is 22.3 Å². The summed E-state index contributed by atoms with van der Waals surface area (Å²) < 4.78 is 0. The predicted octanol–water partition coefficient (Wildman–Crippen LogP) is 5.22. The molecule has 3 nitrogen and oxygen atoms in total. The van der Waals surface area contributed by atoms with Crippen LogP contribution >= 0.6 is 0 Å². The van der Waals surface area contributed by atoms with E-state index in [4.69, 9.17) is 0 Å². The first-order chi connectivity index (χ1) is 14.3. The van der Waals surface area contributed by atoms with Crippen LogP contribution < -0.4 is 0 Å². The molecule has 0 amide bonds. The van der Waals surface area contributed by atoms with Gasteiger partial charge in [-0.25, -0.2) is 0 Å². The number of carbonyl (C=O) groups is 1. The predicted molar refractivity (Wildman–Crippen MR) is 116 cm³/mol. The molecule has 5 atom stereocenters. The van der Waals surface area contributed by atoms with Gasteiger partial charge in [0.15, 0.2) is 11.4 Å². The molecule has 0 saturated heterocycles. The van der Waals surface area contributed by atoms with Crippen LogP contribution in [0.5, 0.6) is 0 Å². The second kappa shape index (κ2) is 6.66. The highest BCUT2D eigenvalue weighted by Gasteiger charge is 2.62. The van der Waals surface area contributed by atoms with E-state index in [9.17, 15) is 15.2 Å². The lowest BCUT2D eigenvalue weighted by molar-refractivity contribution is -0.115. The molecule has 0 unspecified atom stereocenters. The molecule has 3 heteroatoms. The van der Waals surface area contributed by atoms with Crippen LogP contribution in [0.4, 0.5) is 0 Å². The maximum absolute atomic E-state index is 12.3. The van der Waals surface area contributed by atoms with Crippen molar-refractivity contribution >= 4 is 5.78 Å². The molecule has 0 aromatic heterocycles. The second-order valence-electron chi connectivity index (χ2n) is 10.4. The number of aliphatic hydroxyl groups is 1. The molecule has 1 aromatic rings. The summed E-state index contributed by atoms with van der Waals surface area (Å²) >= 11 is 0. The Labute approximate surface area is 179 Å². The van der Waals surface area contributed by atoms with Crippen molar-refractivity contribution in [3.05, 3.63) is 58.7 Å². The SMILES string of the molecule is Cc1ccc(C[C@]23CCC(=O)C=C2CC[C@@H]2C3=CC[C@@]3(C)[C@H]2CC[C@]3(O)C#N)cc1. The standard InChI is InChI=1S/C27H31NO2/c1-18-3-5-19(6-4-18)16-26-13-9-21(29)15-20(26)7-8-22-23-11-14-27(30,17-28)25(23,2)12-10-24(22)26/h3-6,10,15,22-23,30H,7-9,11-14,16H2,1-2H3/t22-,23-,25-,26+,27-/m0/s1. The van der Waals surface area contributed by atoms with E-state index < -0.39 is 5.60 Å². The number of hydrogen-bond donors (Lipinski definition) is 1. The van der Waals surface area contributed by atoms with Gasteiger partial charge in [0.25, 0.3) is 0 Å². The third kappa shape index (κ3) is 2.63. The molecule has 4 aliphatic rings. The van der Waals surface area contributed by atoms with Crippen molar-refractivity contribution in [2.45, 2.75) is 70.8 Å². The fourth-order valence-electron chi connectivity index (χ4n) is 7.23. The quantitative estimate of drug-likeness (QED) is 0.546. The van der Waals surface area contributed by atoms with Gasteiger partial charge in [-0.1, -0.05) is 54.0 Å². The summed E-state index contributed by atoms with van der Waals surface area (Å²) in [7, 11) is 0. The van der Waals surface area contributed by atoms with Crippen LogP contribution in [0.15, 0.2) is 47.6 Å². The first-order valence-corrected chi connectivity index (χ1v) is 11.4. The number of aryl methyl sites for hydroxylation is 1. The second-order valence-corrected chi connectivity index (χ2v) is 10.4. The molecule has 4 aliphatic carbocycles. The van der Waals surface area contributed by atoms with Crippen molar-refractivity contribution in [3.8, 4) is 6.07 Å². The Morgan fingerprint density at radius 3 is 2.67 bits per heavy atom. The molecule has 1 aromatic carbocycles. The minimum absolute atomic E-state index is 0.0687. The first kappa shape index (κ1) is 19.8. The highest BCUT2D eigenvalue weighted by molar-refractivity contribution is 5.92. The van der Waals surface area contributed by atoms with Gasteiger partial charge in [-0.15, -0.1) is 0 Å². The molecular formula is C27H31NO2. The summed E-state index contributed by atoms with van der Waals surface area (Å²) in [6.45, 7) is 4.24. The molecule has 5 rings (SSSR count). The molecule has 30 heavy (non-hydrogen) atoms. The summed E-state index contributed by atoms with van der Waals surface area (Å²) in [5, 5.41) is 20.8. The van der Waals surface area contributed by atoms with E-state index in [2.05, 4.69) is 50.3 Å². The highest BCUT2D eigenvalue weighted by Crippen LogP contribution is 2.66. The fraction of sp³-hybridized carbons (Fsp3) is 0.556. The molecule has 0 aliphatic heterocycles. The number of hydrogen-bond acceptors (Lipinski definition) is 3. The van der Waals surface area contributed by atoms with Crippen LogP contribution in [0.2, 0.25) is 0 Å². The number of allylic oxidation sites excluding steroid dienone is 4. The van der Waals surface area contributed by atoms with E-state index in [1.807, 2.05) is 6.08 Å². The van der Waals surface area contributed by atoms with Gasteiger partial charge in [0.05, 0.1) is 6.07 Å². The Kier molecular flexibility index (Phi) is 4.39. The number of nitrogens with zero attached hydrogens (tertiary/aromatic N) is 1. The van der Waals surface area contributed by atoms with Gasteiger partial charge in [0, 0.05) is 17.3 Å². The Morgan fingerprint density at radius 2 is 1.93 bits per heavy atom. The Balaban J connectivity index is 1.60. The number of rotatable bonds is 2. The van der Waals surface area contributed by atoms with Gasteiger partial charge >= 0.3 is 0 Å². The fourth-order valence-corrected chi connectivity index (χ4v) is 7.23. The van der Waals surface area contributed by atoms with E-state index in [0.717, 1.165) is 38.5 Å². The lowest BCUT2D eigenvalue weighted by atomic mass is 9.49. The minimum Gasteiger partial charge on any atom is -0.375 e. The third-order valence-corrected chi connectivity index (χ3v) is 9.05. The maximum atomic E-state index is 12.3. The van der Waals surface area contributed by atoms with Crippen LogP contribution in [0.25, 0.3) is 0 Å². The zero-order valence-corrected chi connectivity index (χ0v) is 18.1. The zero-order valence-electron chi connectivity index (χ0n) is 18.1. The molecule has 0 heterocycles. The summed E-state index contributed by atoms with van der Waals surface area (Å²) in [5.41, 5.74) is 3.75. The Morgan fingerprint density at radius 1 is 1.17 bits per heavy atom. The van der Waals surface area contributed by atoms with Gasteiger partial charge in [-0.3, -0.25) is 4.79 Å². The maximum Gasteiger partial charge on any atom is 0.156 e. The van der Waals surface area contributed by atoms with Crippen LogP contribution in [0.1, 0.15) is 63.0 Å². The average molecular weight is 402 g/mol. The molecular weight excluding hydrogens is 370 g/mol. The monoisotopic (exact) mass is 401 g/mol. The summed E-state index contributed by atoms with van der Waals surface area (Å²) in [4.78, 5) is 12.3. The normalized spacial score (nSPS) is 39.9. The van der Waals surface area contributed by atoms with Gasteiger partial charge in [0.1, 0.15) is 0 Å². The van der Waals surface area contributed by atoms with Gasteiger partial charge in [-0.05, 0) is 75.3 Å². The summed E-state index contributed by atoms with van der Waals surface area (Å²) in [6.07, 6.45) is 11.0. The van der Waals surface area contributed by atoms with Gasteiger partial charge < -0.3 is 5.11 Å². The van der Waals surface area contributed by atoms with E-state index in [-0.39, 0.29) is 16.6 Å². The van der Waals surface area contributed by atoms with Crippen LogP contribution in [-0.2, 0) is 11.2 Å². The number of benzene rings is 1. The van der Waals surface area contributed by atoms with Crippen molar-refractivity contribution in [3.63, 3.8) is 0 Å². The van der Waals surface area contributed by atoms with Crippen LogP contribution in [0, 0.1) is 40.9 Å². The molecule has 0 spiro atoms. The van der Waals surface area contributed by atoms with Crippen LogP contribution in [-0.4, -0.2) is 16.5 Å². The molecule has 0 bridgehead atoms. The van der Waals surface area contributed by atoms with E-state index in [0.29, 0.717) is 24.7 Å². The van der Waals surface area contributed by atoms with Crippen molar-refractivity contribution in [2.75, 3.05) is 0 Å². The number of carbonyl (C=O) groups excluding carboxylic acids is 1. The lowest BCUT2D eigenvalue weighted by Crippen LogP contribution is -2.51. The van der Waals surface area contributed by atoms with Crippen molar-refractivity contribution < 1.29 is 9.90 Å². The number of nitriles is 1. The summed E-state index contributed by atoms with van der Waals surface area (Å²) in [5.74, 6) is 1.02. The minimum atomic E-state index is -1.22. The molecule has 2 saturated carbocycles. The topological polar surface area (TPSA) is 61.1 Å². The Hall–Kier alpha value is -2.18. The first-order valence-electron chi connectivity index (χ1n) is 11.4. The molecule has 1 N–H and O–H groups in total. The van der Waals surface area contributed by atoms with Crippen LogP contribution in [0.3, 0.4) is 0 Å². The lowest BCUT2D eigenvalue weighted by Gasteiger charge is -2.55. The number of fused-ring (bicyclic) bond motifs is 5. The van der Waals surface area contributed by atoms with E-state index in [1.54, 1.807) is 0 Å². The van der Waals surface area contributed by atoms with Gasteiger partial charge in [-0.2, -0.15) is 5.26 Å². The molecule has 0 radical (unpaired) electrons. The van der Waals surface area contributed by atoms with Crippen molar-refractivity contribution in [1.82, 2.24) is 0 Å². The highest BCUT2D eigenvalue weighted by atomic mass is 16.3. The zero-order chi connectivity index (χ0) is 21.1. The average Bonchev–Trinajstić information content (AvgIpc) is 3.01. The summed E-state index contributed by atoms with van der Waals surface area (Å²) in [6, 6.07) is 11.1. The number of ketones is 1. The van der Waals surface area contributed by atoms with Gasteiger partial charge in [0.2, 0.25) is 0 Å². The van der Waals surface area contributed by atoms with E-state index >= 15 is 0 Å². The van der Waals surface area contributed by atoms with Crippen molar-refractivity contribution in [2.24, 2.45) is 22.7 Å². The molecule has 2 fully saturated rings. The molecule has 156 valence electrons. The Bertz CT molecular complexity index is 997.